The van der Waals surface area contributed by atoms with Gasteiger partial charge in [0.15, 0.2) is 17.2 Å². The molecule has 2 aromatic carbocycles. The van der Waals surface area contributed by atoms with Crippen molar-refractivity contribution < 1.29 is 18.8 Å². The van der Waals surface area contributed by atoms with E-state index in [1.165, 1.54) is 0 Å². The fourth-order valence-corrected chi connectivity index (χ4v) is 3.94. The lowest BCUT2D eigenvalue weighted by atomic mass is 10.2. The van der Waals surface area contributed by atoms with E-state index in [1.54, 1.807) is 29.1 Å². The van der Waals surface area contributed by atoms with Gasteiger partial charge in [-0.15, -0.1) is 5.10 Å². The van der Waals surface area contributed by atoms with Crippen LogP contribution in [0.25, 0.3) is 23.0 Å². The van der Waals surface area contributed by atoms with Crippen molar-refractivity contribution in [2.75, 3.05) is 19.9 Å². The molecule has 0 N–H and O–H groups in total. The molecule has 10 heteroatoms. The van der Waals surface area contributed by atoms with Gasteiger partial charge in [-0.2, -0.15) is 4.98 Å². The van der Waals surface area contributed by atoms with E-state index in [1.807, 2.05) is 35.2 Å². The minimum Gasteiger partial charge on any atom is -0.454 e. The Hall–Kier alpha value is -4.21. The second-order valence-corrected chi connectivity index (χ2v) is 7.63. The molecule has 4 aromatic rings. The number of hydrogen-bond acceptors (Lipinski definition) is 8. The summed E-state index contributed by atoms with van der Waals surface area (Å²) in [6.45, 7) is 1.35. The largest absolute Gasteiger partial charge is 0.454 e. The summed E-state index contributed by atoms with van der Waals surface area (Å²) in [5, 5.41) is 12.5. The van der Waals surface area contributed by atoms with Crippen molar-refractivity contribution in [3.8, 4) is 34.5 Å². The van der Waals surface area contributed by atoms with Gasteiger partial charge >= 0.3 is 0 Å². The van der Waals surface area contributed by atoms with Gasteiger partial charge in [-0.05, 0) is 24.6 Å². The van der Waals surface area contributed by atoms with E-state index in [4.69, 9.17) is 14.0 Å². The minimum atomic E-state index is -0.0458. The van der Waals surface area contributed by atoms with Crippen LogP contribution in [0.1, 0.15) is 22.8 Å². The van der Waals surface area contributed by atoms with E-state index in [9.17, 15) is 4.79 Å². The fraction of sp³-hybridized carbons (Fsp3) is 0.227. The molecule has 6 rings (SSSR count). The first-order chi connectivity index (χ1) is 15.7. The van der Waals surface area contributed by atoms with Gasteiger partial charge in [0, 0.05) is 24.2 Å². The molecule has 0 saturated carbocycles. The lowest BCUT2D eigenvalue weighted by Gasteiger charge is -2.16. The number of carbonyl (C=O) groups is 1. The van der Waals surface area contributed by atoms with Gasteiger partial charge in [0.2, 0.25) is 12.6 Å². The Morgan fingerprint density at radius 1 is 1.06 bits per heavy atom. The number of amides is 1. The summed E-state index contributed by atoms with van der Waals surface area (Å²) in [4.78, 5) is 19.2. The van der Waals surface area contributed by atoms with Crippen molar-refractivity contribution in [3.63, 3.8) is 0 Å². The summed E-state index contributed by atoms with van der Waals surface area (Å²) < 4.78 is 17.8. The van der Waals surface area contributed by atoms with Gasteiger partial charge in [-0.25, -0.2) is 4.68 Å². The summed E-state index contributed by atoms with van der Waals surface area (Å²) in [7, 11) is 0. The van der Waals surface area contributed by atoms with Crippen LogP contribution in [0.3, 0.4) is 0 Å². The Morgan fingerprint density at radius 3 is 2.84 bits per heavy atom. The van der Waals surface area contributed by atoms with Crippen LogP contribution in [-0.4, -0.2) is 55.8 Å². The lowest BCUT2D eigenvalue weighted by Crippen LogP contribution is -2.29. The summed E-state index contributed by atoms with van der Waals surface area (Å²) in [5.74, 6) is 2.02. The van der Waals surface area contributed by atoms with Crippen molar-refractivity contribution in [2.24, 2.45) is 0 Å². The number of carbonyl (C=O) groups excluding carboxylic acids is 1. The van der Waals surface area contributed by atoms with Gasteiger partial charge in [0.05, 0.1) is 12.2 Å². The molecule has 2 aliphatic rings. The highest BCUT2D eigenvalue weighted by Crippen LogP contribution is 2.33. The molecule has 0 aliphatic carbocycles. The van der Waals surface area contributed by atoms with Crippen LogP contribution in [0.4, 0.5) is 0 Å². The molecule has 10 nitrogen and oxygen atoms in total. The monoisotopic (exact) mass is 430 g/mol. The van der Waals surface area contributed by atoms with Gasteiger partial charge < -0.3 is 18.9 Å². The number of likely N-dealkylation sites (tertiary alicyclic amines) is 1. The zero-order valence-corrected chi connectivity index (χ0v) is 16.9. The van der Waals surface area contributed by atoms with E-state index in [2.05, 4.69) is 20.5 Å². The standard InChI is InChI=1S/C22H18N6O4/c29-22(15-6-7-18-19(10-15)31-13-30-18)27-9-8-16(11-27)28-12-17(24-26-28)21-23-20(25-32-21)14-4-2-1-3-5-14/h1-7,10,12,16H,8-9,11,13H2. The van der Waals surface area contributed by atoms with Crippen LogP contribution < -0.4 is 9.47 Å². The molecule has 0 radical (unpaired) electrons. The number of rotatable bonds is 4. The van der Waals surface area contributed by atoms with Crippen LogP contribution in [0.15, 0.2) is 59.3 Å². The van der Waals surface area contributed by atoms with E-state index in [0.717, 1.165) is 12.0 Å². The Labute approximate surface area is 182 Å². The predicted molar refractivity (Wildman–Crippen MR) is 111 cm³/mol. The SMILES string of the molecule is O=C(c1ccc2c(c1)OCO2)N1CCC(n2cc(-c3nc(-c4ccccc4)no3)nn2)C1. The summed E-state index contributed by atoms with van der Waals surface area (Å²) in [6.07, 6.45) is 2.56. The maximum Gasteiger partial charge on any atom is 0.280 e. The third-order valence-corrected chi connectivity index (χ3v) is 5.63. The van der Waals surface area contributed by atoms with Gasteiger partial charge in [-0.1, -0.05) is 40.7 Å². The van der Waals surface area contributed by atoms with Gasteiger partial charge in [0.25, 0.3) is 11.8 Å². The number of benzene rings is 2. The van der Waals surface area contributed by atoms with Gasteiger partial charge in [-0.3, -0.25) is 4.79 Å². The second kappa shape index (κ2) is 7.49. The topological polar surface area (TPSA) is 108 Å². The molecule has 2 aliphatic heterocycles. The molecule has 1 amide bonds. The molecule has 1 fully saturated rings. The zero-order chi connectivity index (χ0) is 21.5. The number of hydrogen-bond donors (Lipinski definition) is 0. The molecule has 2 aromatic heterocycles. The first-order valence-corrected chi connectivity index (χ1v) is 10.2. The van der Waals surface area contributed by atoms with Crippen molar-refractivity contribution in [3.05, 3.63) is 60.3 Å². The van der Waals surface area contributed by atoms with Crippen molar-refractivity contribution in [1.82, 2.24) is 30.0 Å². The summed E-state index contributed by atoms with van der Waals surface area (Å²) in [6, 6.07) is 14.9. The van der Waals surface area contributed by atoms with E-state index >= 15 is 0 Å². The van der Waals surface area contributed by atoms with E-state index in [0.29, 0.717) is 47.6 Å². The van der Waals surface area contributed by atoms with Crippen LogP contribution in [-0.2, 0) is 0 Å². The lowest BCUT2D eigenvalue weighted by molar-refractivity contribution is 0.0786. The maximum atomic E-state index is 12.9. The fourth-order valence-electron chi connectivity index (χ4n) is 3.94. The molecule has 1 atom stereocenters. The van der Waals surface area contributed by atoms with Crippen molar-refractivity contribution in [2.45, 2.75) is 12.5 Å². The molecule has 32 heavy (non-hydrogen) atoms. The van der Waals surface area contributed by atoms with E-state index < -0.39 is 0 Å². The highest BCUT2D eigenvalue weighted by Gasteiger charge is 2.30. The van der Waals surface area contributed by atoms with Crippen molar-refractivity contribution in [1.29, 1.82) is 0 Å². The zero-order valence-electron chi connectivity index (χ0n) is 16.9. The maximum absolute atomic E-state index is 12.9. The van der Waals surface area contributed by atoms with E-state index in [-0.39, 0.29) is 18.7 Å². The summed E-state index contributed by atoms with van der Waals surface area (Å²) in [5.41, 5.74) is 1.94. The predicted octanol–water partition coefficient (Wildman–Crippen LogP) is 2.81. The van der Waals surface area contributed by atoms with Crippen molar-refractivity contribution >= 4 is 5.91 Å². The molecule has 1 unspecified atom stereocenters. The molecule has 160 valence electrons. The third-order valence-electron chi connectivity index (χ3n) is 5.63. The summed E-state index contributed by atoms with van der Waals surface area (Å²) >= 11 is 0. The van der Waals surface area contributed by atoms with Crippen LogP contribution in [0.5, 0.6) is 11.5 Å². The smallest absolute Gasteiger partial charge is 0.280 e. The Bertz CT molecular complexity index is 1280. The molecule has 1 saturated heterocycles. The molecule has 0 spiro atoms. The first-order valence-electron chi connectivity index (χ1n) is 10.2. The third kappa shape index (κ3) is 3.25. The highest BCUT2D eigenvalue weighted by molar-refractivity contribution is 5.95. The van der Waals surface area contributed by atoms with Crippen LogP contribution in [0.2, 0.25) is 0 Å². The molecule has 0 bridgehead atoms. The first kappa shape index (κ1) is 18.6. The molecular weight excluding hydrogens is 412 g/mol. The Balaban J connectivity index is 1.16. The Morgan fingerprint density at radius 2 is 1.94 bits per heavy atom. The Kier molecular flexibility index (Phi) is 4.34. The normalized spacial score (nSPS) is 17.1. The molecular formula is C22H18N6O4. The second-order valence-electron chi connectivity index (χ2n) is 7.63. The average molecular weight is 430 g/mol. The van der Waals surface area contributed by atoms with Gasteiger partial charge in [0.1, 0.15) is 0 Å². The minimum absolute atomic E-state index is 0.0192. The number of fused-ring (bicyclic) bond motifs is 1. The number of ether oxygens (including phenoxy) is 2. The van der Waals surface area contributed by atoms with Crippen LogP contribution >= 0.6 is 0 Å². The number of aromatic nitrogens is 5. The highest BCUT2D eigenvalue weighted by atomic mass is 16.7. The van der Waals surface area contributed by atoms with Crippen LogP contribution in [0, 0.1) is 0 Å². The molecule has 4 heterocycles. The number of nitrogens with zero attached hydrogens (tertiary/aromatic N) is 6. The quantitative estimate of drug-likeness (QED) is 0.486. The average Bonchev–Trinajstić information content (AvgIpc) is 3.63.